The number of methoxy groups -OCH3 is 1. The Morgan fingerprint density at radius 3 is 2.35 bits per heavy atom. The van der Waals surface area contributed by atoms with E-state index in [1.54, 1.807) is 20.8 Å². The number of ketones is 3. The van der Waals surface area contributed by atoms with Gasteiger partial charge in [0.25, 0.3) is 6.29 Å². The van der Waals surface area contributed by atoms with Gasteiger partial charge < -0.3 is 54.6 Å². The first-order valence-corrected chi connectivity index (χ1v) is 15.5. The topological polar surface area (TPSA) is 231 Å². The fraction of sp³-hybridized carbons (Fsp3) is 0.515. The lowest BCUT2D eigenvalue weighted by atomic mass is 9.72. The summed E-state index contributed by atoms with van der Waals surface area (Å²) in [5.74, 6) is -5.00. The van der Waals surface area contributed by atoms with Gasteiger partial charge in [0.05, 0.1) is 42.1 Å². The molecule has 260 valence electrons. The molecule has 0 bridgehead atoms. The fourth-order valence-electron chi connectivity index (χ4n) is 6.43. The molecule has 1 saturated heterocycles. The first-order chi connectivity index (χ1) is 22.8. The van der Waals surface area contributed by atoms with Crippen LogP contribution in [0.3, 0.4) is 0 Å². The molecule has 48 heavy (non-hydrogen) atoms. The number of hydrogen-bond donors (Lipinski definition) is 5. The third-order valence-electron chi connectivity index (χ3n) is 8.84. The van der Waals surface area contributed by atoms with Crippen LogP contribution in [0.25, 0.3) is 0 Å². The molecule has 6 atom stereocenters. The molecule has 2 aromatic rings. The van der Waals surface area contributed by atoms with E-state index < -0.39 is 108 Å². The number of aromatic hydroxyl groups is 2. The van der Waals surface area contributed by atoms with Crippen LogP contribution in [0.2, 0.25) is 0 Å². The highest BCUT2D eigenvalue weighted by molar-refractivity contribution is 6.31. The Labute approximate surface area is 275 Å². The monoisotopic (exact) mass is 673 g/mol. The Morgan fingerprint density at radius 1 is 1.06 bits per heavy atom. The first kappa shape index (κ1) is 35.3. The molecule has 2 aliphatic carbocycles. The molecule has 15 nitrogen and oxygen atoms in total. The number of ether oxygens (including phenoxy) is 6. The van der Waals surface area contributed by atoms with Gasteiger partial charge in [-0.3, -0.25) is 14.4 Å². The van der Waals surface area contributed by atoms with E-state index >= 15 is 0 Å². The summed E-state index contributed by atoms with van der Waals surface area (Å²) in [6, 6.07) is 3.55. The van der Waals surface area contributed by atoms with Crippen LogP contribution in [0.15, 0.2) is 18.2 Å². The van der Waals surface area contributed by atoms with Crippen molar-refractivity contribution >= 4 is 23.3 Å². The zero-order valence-electron chi connectivity index (χ0n) is 26.9. The van der Waals surface area contributed by atoms with E-state index in [1.165, 1.54) is 25.3 Å². The van der Waals surface area contributed by atoms with E-state index in [0.29, 0.717) is 0 Å². The van der Waals surface area contributed by atoms with Gasteiger partial charge in [0.2, 0.25) is 11.6 Å². The van der Waals surface area contributed by atoms with Crippen molar-refractivity contribution in [3.8, 4) is 17.2 Å². The van der Waals surface area contributed by atoms with Crippen LogP contribution in [0, 0.1) is 0 Å². The molecule has 1 fully saturated rings. The minimum atomic E-state index is -2.38. The van der Waals surface area contributed by atoms with Crippen molar-refractivity contribution in [2.45, 2.75) is 82.6 Å². The summed E-state index contributed by atoms with van der Waals surface area (Å²) < 4.78 is 32.7. The lowest BCUT2D eigenvalue weighted by Crippen LogP contribution is -2.53. The van der Waals surface area contributed by atoms with Crippen molar-refractivity contribution in [1.29, 1.82) is 0 Å². The molecule has 0 saturated carbocycles. The predicted octanol–water partition coefficient (Wildman–Crippen LogP) is 0.951. The molecule has 1 heterocycles. The van der Waals surface area contributed by atoms with Crippen LogP contribution >= 0.6 is 0 Å². The summed E-state index contributed by atoms with van der Waals surface area (Å²) in [6.45, 7) is 4.12. The highest BCUT2D eigenvalue weighted by Crippen LogP contribution is 2.52. The minimum Gasteiger partial charge on any atom is -0.507 e. The van der Waals surface area contributed by atoms with Crippen LogP contribution in [-0.2, 0) is 39.7 Å². The van der Waals surface area contributed by atoms with Gasteiger partial charge in [0.1, 0.15) is 22.8 Å². The molecular weight excluding hydrogens is 634 g/mol. The second kappa shape index (κ2) is 13.9. The van der Waals surface area contributed by atoms with E-state index in [1.807, 2.05) is 0 Å². The number of rotatable bonds is 11. The van der Waals surface area contributed by atoms with Crippen molar-refractivity contribution < 1.29 is 68.0 Å². The molecule has 0 spiro atoms. The standard InChI is InChI=1S/C33H39NO14/c1-5-44-32(45-6-2)31(41)46-13-20(35)33(42)11-16-23(19(12-33)48-21-10-17(34)26(36)14(3)47-21)30(40)25-24(28(16)38)27(37)15-8-7-9-18(43-4)22(15)29(25)39/h7-9,14,17,19,21,26,32,36,38,40,42H,5-6,10-13,34H2,1-4H3/t14-,17-,19+,21+,26+,33+/m0/s1. The molecule has 6 N–H and O–H groups in total. The normalized spacial score (nSPS) is 26.5. The zero-order valence-corrected chi connectivity index (χ0v) is 26.9. The van der Waals surface area contributed by atoms with E-state index in [9.17, 15) is 39.6 Å². The SMILES string of the molecule is CCOC(OCC)C(=O)OCC(=O)[C@@]1(O)Cc2c(O)c3c(c(O)c2[C@H](O[C@@H]2C[C@H](N)[C@H](O)[C@H](C)O2)C1)C(=O)c1c(OC)cccc1C3=O. The zero-order chi connectivity index (χ0) is 35.1. The van der Waals surface area contributed by atoms with Crippen molar-refractivity contribution in [2.75, 3.05) is 26.9 Å². The smallest absolute Gasteiger partial charge is 0.363 e. The van der Waals surface area contributed by atoms with Crippen LogP contribution in [0.4, 0.5) is 0 Å². The second-order valence-corrected chi connectivity index (χ2v) is 11.9. The Bertz CT molecular complexity index is 1610. The number of carbonyl (C=O) groups excluding carboxylic acids is 4. The van der Waals surface area contributed by atoms with Gasteiger partial charge in [0.15, 0.2) is 18.7 Å². The second-order valence-electron chi connectivity index (χ2n) is 11.9. The van der Waals surface area contributed by atoms with E-state index in [4.69, 9.17) is 34.2 Å². The number of esters is 1. The van der Waals surface area contributed by atoms with Crippen LogP contribution in [0.1, 0.15) is 82.7 Å². The van der Waals surface area contributed by atoms with E-state index in [0.717, 1.165) is 0 Å². The summed E-state index contributed by atoms with van der Waals surface area (Å²) in [5.41, 5.74) is 2.06. The number of aliphatic hydroxyl groups is 2. The van der Waals surface area contributed by atoms with Gasteiger partial charge in [-0.05, 0) is 26.8 Å². The Hall–Kier alpha value is -3.96. The van der Waals surface area contributed by atoms with Gasteiger partial charge >= 0.3 is 5.97 Å². The number of carbonyl (C=O) groups is 4. The number of aliphatic hydroxyl groups excluding tert-OH is 1. The summed E-state index contributed by atoms with van der Waals surface area (Å²) in [7, 11) is 1.31. The molecule has 3 aliphatic rings. The van der Waals surface area contributed by atoms with Gasteiger partial charge in [-0.25, -0.2) is 4.79 Å². The molecule has 5 rings (SSSR count). The molecule has 0 radical (unpaired) electrons. The minimum absolute atomic E-state index is 0.0305. The highest BCUT2D eigenvalue weighted by Gasteiger charge is 2.50. The van der Waals surface area contributed by atoms with Crippen LogP contribution in [0.5, 0.6) is 17.2 Å². The average Bonchev–Trinajstić information content (AvgIpc) is 3.05. The summed E-state index contributed by atoms with van der Waals surface area (Å²) in [6.07, 6.45) is -7.01. The summed E-state index contributed by atoms with van der Waals surface area (Å²) in [4.78, 5) is 53.7. The number of Topliss-reactive ketones (excluding diaryl/α,β-unsaturated/α-hetero) is 1. The number of nitrogens with two attached hydrogens (primary N) is 1. The number of fused-ring (bicyclic) bond motifs is 3. The number of phenols is 2. The Balaban J connectivity index is 1.57. The molecular formula is C33H39NO14. The van der Waals surface area contributed by atoms with Gasteiger partial charge in [-0.15, -0.1) is 0 Å². The average molecular weight is 674 g/mol. The number of hydrogen-bond acceptors (Lipinski definition) is 15. The third kappa shape index (κ3) is 6.18. The quantitative estimate of drug-likeness (QED) is 0.108. The third-order valence-corrected chi connectivity index (χ3v) is 8.84. The molecule has 2 aromatic carbocycles. The van der Waals surface area contributed by atoms with Crippen molar-refractivity contribution in [3.05, 3.63) is 51.6 Å². The van der Waals surface area contributed by atoms with Crippen molar-refractivity contribution in [1.82, 2.24) is 0 Å². The summed E-state index contributed by atoms with van der Waals surface area (Å²) >= 11 is 0. The maximum absolute atomic E-state index is 13.9. The first-order valence-electron chi connectivity index (χ1n) is 15.5. The number of phenolic OH excluding ortho intramolecular Hbond substituents is 2. The van der Waals surface area contributed by atoms with Crippen LogP contribution in [-0.4, -0.2) is 107 Å². The Kier molecular flexibility index (Phi) is 10.2. The van der Waals surface area contributed by atoms with Gasteiger partial charge in [-0.2, -0.15) is 0 Å². The summed E-state index contributed by atoms with van der Waals surface area (Å²) in [5, 5.41) is 45.4. The lowest BCUT2D eigenvalue weighted by Gasteiger charge is -2.42. The van der Waals surface area contributed by atoms with E-state index in [-0.39, 0.29) is 47.6 Å². The molecule has 15 heteroatoms. The van der Waals surface area contributed by atoms with Gasteiger partial charge in [-0.1, -0.05) is 12.1 Å². The molecule has 0 aromatic heterocycles. The largest absolute Gasteiger partial charge is 0.507 e. The molecule has 1 aliphatic heterocycles. The number of benzene rings is 2. The fourth-order valence-corrected chi connectivity index (χ4v) is 6.43. The van der Waals surface area contributed by atoms with E-state index in [2.05, 4.69) is 0 Å². The lowest BCUT2D eigenvalue weighted by molar-refractivity contribution is -0.247. The highest BCUT2D eigenvalue weighted by atomic mass is 16.7. The van der Waals surface area contributed by atoms with Crippen molar-refractivity contribution in [3.63, 3.8) is 0 Å². The maximum atomic E-state index is 13.9. The van der Waals surface area contributed by atoms with Crippen molar-refractivity contribution in [2.24, 2.45) is 5.73 Å². The molecule has 0 unspecified atom stereocenters. The molecule has 0 amide bonds. The Morgan fingerprint density at radius 2 is 1.73 bits per heavy atom. The van der Waals surface area contributed by atoms with Gasteiger partial charge in [0, 0.05) is 55.2 Å². The maximum Gasteiger partial charge on any atom is 0.363 e. The van der Waals surface area contributed by atoms with Crippen LogP contribution < -0.4 is 10.5 Å². The predicted molar refractivity (Wildman–Crippen MR) is 163 cm³/mol.